The SMILES string of the molecule is O=C([C@@H]1CN(Cc2nccs2)c2ccccc2O1)N1CCOCC1. The number of rotatable bonds is 3. The first-order valence-electron chi connectivity index (χ1n) is 8.07. The van der Waals surface area contributed by atoms with E-state index in [2.05, 4.69) is 9.88 Å². The highest BCUT2D eigenvalue weighted by molar-refractivity contribution is 7.09. The number of anilines is 1. The number of carbonyl (C=O) groups is 1. The van der Waals surface area contributed by atoms with E-state index in [9.17, 15) is 4.79 Å². The molecule has 6 nitrogen and oxygen atoms in total. The number of hydrogen-bond donors (Lipinski definition) is 0. The Morgan fingerprint density at radius 3 is 2.92 bits per heavy atom. The van der Waals surface area contributed by atoms with Gasteiger partial charge in [0, 0.05) is 24.7 Å². The van der Waals surface area contributed by atoms with E-state index in [0.29, 0.717) is 39.4 Å². The summed E-state index contributed by atoms with van der Waals surface area (Å²) in [5.41, 5.74) is 1.01. The molecule has 4 rings (SSSR count). The van der Waals surface area contributed by atoms with Crippen LogP contribution in [0.25, 0.3) is 0 Å². The van der Waals surface area contributed by atoms with Crippen LogP contribution in [-0.4, -0.2) is 54.7 Å². The number of fused-ring (bicyclic) bond motifs is 1. The van der Waals surface area contributed by atoms with Gasteiger partial charge in [0.25, 0.3) is 5.91 Å². The third-order valence-corrected chi connectivity index (χ3v) is 5.03. The Morgan fingerprint density at radius 2 is 2.12 bits per heavy atom. The number of amides is 1. The van der Waals surface area contributed by atoms with Crippen molar-refractivity contribution in [2.24, 2.45) is 0 Å². The number of nitrogens with zero attached hydrogens (tertiary/aromatic N) is 3. The van der Waals surface area contributed by atoms with Crippen LogP contribution in [0.2, 0.25) is 0 Å². The van der Waals surface area contributed by atoms with E-state index in [1.54, 1.807) is 11.3 Å². The molecule has 3 heterocycles. The summed E-state index contributed by atoms with van der Waals surface area (Å²) in [5, 5.41) is 3.00. The van der Waals surface area contributed by atoms with E-state index >= 15 is 0 Å². The van der Waals surface area contributed by atoms with Crippen LogP contribution in [0.1, 0.15) is 5.01 Å². The summed E-state index contributed by atoms with van der Waals surface area (Å²) < 4.78 is 11.3. The molecule has 1 atom stereocenters. The summed E-state index contributed by atoms with van der Waals surface area (Å²) in [6.07, 6.45) is 1.32. The predicted molar refractivity (Wildman–Crippen MR) is 91.4 cm³/mol. The Hall–Kier alpha value is -2.12. The molecule has 126 valence electrons. The minimum absolute atomic E-state index is 0.0388. The molecular formula is C17H19N3O3S. The lowest BCUT2D eigenvalue weighted by molar-refractivity contribution is -0.142. The molecule has 0 spiro atoms. The molecule has 2 aliphatic rings. The van der Waals surface area contributed by atoms with Gasteiger partial charge in [-0.1, -0.05) is 12.1 Å². The number of ether oxygens (including phenoxy) is 2. The van der Waals surface area contributed by atoms with Crippen LogP contribution in [0.5, 0.6) is 5.75 Å². The highest BCUT2D eigenvalue weighted by Crippen LogP contribution is 2.34. The molecular weight excluding hydrogens is 326 g/mol. The fourth-order valence-electron chi connectivity index (χ4n) is 3.07. The van der Waals surface area contributed by atoms with E-state index in [1.165, 1.54) is 0 Å². The minimum Gasteiger partial charge on any atom is -0.477 e. The van der Waals surface area contributed by atoms with Crippen molar-refractivity contribution in [1.82, 2.24) is 9.88 Å². The van der Waals surface area contributed by atoms with Crippen LogP contribution in [0.15, 0.2) is 35.8 Å². The maximum atomic E-state index is 12.8. The van der Waals surface area contributed by atoms with Crippen molar-refractivity contribution >= 4 is 22.9 Å². The van der Waals surface area contributed by atoms with Gasteiger partial charge in [0.2, 0.25) is 0 Å². The Kier molecular flexibility index (Phi) is 4.36. The molecule has 0 bridgehead atoms. The molecule has 1 amide bonds. The molecule has 1 saturated heterocycles. The fraction of sp³-hybridized carbons (Fsp3) is 0.412. The second-order valence-corrected chi connectivity index (χ2v) is 6.80. The molecule has 2 aliphatic heterocycles. The summed E-state index contributed by atoms with van der Waals surface area (Å²) in [4.78, 5) is 21.2. The summed E-state index contributed by atoms with van der Waals surface area (Å²) in [7, 11) is 0. The number of hydrogen-bond acceptors (Lipinski definition) is 6. The number of para-hydroxylation sites is 2. The highest BCUT2D eigenvalue weighted by Gasteiger charge is 2.34. The average Bonchev–Trinajstić information content (AvgIpc) is 3.15. The van der Waals surface area contributed by atoms with Crippen molar-refractivity contribution in [2.75, 3.05) is 37.7 Å². The molecule has 1 fully saturated rings. The summed E-state index contributed by atoms with van der Waals surface area (Å²) in [6.45, 7) is 3.67. The molecule has 0 unspecified atom stereocenters. The van der Waals surface area contributed by atoms with Gasteiger partial charge in [-0.2, -0.15) is 0 Å². The fourth-order valence-corrected chi connectivity index (χ4v) is 3.70. The number of benzene rings is 1. The van der Waals surface area contributed by atoms with Gasteiger partial charge in [-0.15, -0.1) is 11.3 Å². The zero-order chi connectivity index (χ0) is 16.4. The van der Waals surface area contributed by atoms with Crippen LogP contribution < -0.4 is 9.64 Å². The van der Waals surface area contributed by atoms with Gasteiger partial charge < -0.3 is 19.3 Å². The Morgan fingerprint density at radius 1 is 1.29 bits per heavy atom. The first kappa shape index (κ1) is 15.4. The van der Waals surface area contributed by atoms with Crippen LogP contribution >= 0.6 is 11.3 Å². The van der Waals surface area contributed by atoms with Gasteiger partial charge in [0.15, 0.2) is 6.10 Å². The lowest BCUT2D eigenvalue weighted by Crippen LogP contribution is -2.52. The molecule has 24 heavy (non-hydrogen) atoms. The average molecular weight is 345 g/mol. The third-order valence-electron chi connectivity index (χ3n) is 4.27. The molecule has 0 radical (unpaired) electrons. The topological polar surface area (TPSA) is 54.9 Å². The van der Waals surface area contributed by atoms with Crippen LogP contribution in [0.3, 0.4) is 0 Å². The van der Waals surface area contributed by atoms with Gasteiger partial charge in [-0.3, -0.25) is 4.79 Å². The van der Waals surface area contributed by atoms with E-state index in [-0.39, 0.29) is 5.91 Å². The lowest BCUT2D eigenvalue weighted by atomic mass is 10.1. The van der Waals surface area contributed by atoms with E-state index in [0.717, 1.165) is 16.4 Å². The van der Waals surface area contributed by atoms with Gasteiger partial charge in [-0.25, -0.2) is 4.98 Å². The van der Waals surface area contributed by atoms with Crippen molar-refractivity contribution in [2.45, 2.75) is 12.6 Å². The standard InChI is InChI=1S/C17H19N3O3S/c21-17(19-6-8-22-9-7-19)15-11-20(12-16-18-5-10-24-16)13-3-1-2-4-14(13)23-15/h1-5,10,15H,6-9,11-12H2/t15-/m0/s1. The number of carbonyl (C=O) groups excluding carboxylic acids is 1. The van der Waals surface area contributed by atoms with Gasteiger partial charge in [-0.05, 0) is 12.1 Å². The Balaban J connectivity index is 1.56. The molecule has 7 heteroatoms. The molecule has 1 aromatic heterocycles. The molecule has 1 aromatic carbocycles. The smallest absolute Gasteiger partial charge is 0.265 e. The maximum absolute atomic E-state index is 12.8. The first-order valence-corrected chi connectivity index (χ1v) is 8.95. The normalized spacial score (nSPS) is 20.4. The number of thiazole rings is 1. The van der Waals surface area contributed by atoms with Gasteiger partial charge >= 0.3 is 0 Å². The first-order chi connectivity index (χ1) is 11.8. The second-order valence-electron chi connectivity index (χ2n) is 5.82. The van der Waals surface area contributed by atoms with Crippen molar-refractivity contribution < 1.29 is 14.3 Å². The third kappa shape index (κ3) is 3.09. The number of aromatic nitrogens is 1. The Labute approximate surface area is 144 Å². The van der Waals surface area contributed by atoms with E-state index in [4.69, 9.17) is 9.47 Å². The predicted octanol–water partition coefficient (Wildman–Crippen LogP) is 1.77. The van der Waals surface area contributed by atoms with Crippen molar-refractivity contribution in [3.05, 3.63) is 40.8 Å². The summed E-state index contributed by atoms with van der Waals surface area (Å²) in [6, 6.07) is 7.87. The maximum Gasteiger partial charge on any atom is 0.265 e. The minimum atomic E-state index is -0.488. The van der Waals surface area contributed by atoms with Crippen molar-refractivity contribution in [3.63, 3.8) is 0 Å². The largest absolute Gasteiger partial charge is 0.477 e. The van der Waals surface area contributed by atoms with E-state index in [1.807, 2.05) is 40.7 Å². The highest BCUT2D eigenvalue weighted by atomic mass is 32.1. The molecule has 0 aliphatic carbocycles. The van der Waals surface area contributed by atoms with Crippen molar-refractivity contribution in [1.29, 1.82) is 0 Å². The summed E-state index contributed by atoms with van der Waals surface area (Å²) in [5.74, 6) is 0.795. The van der Waals surface area contributed by atoms with Crippen LogP contribution in [-0.2, 0) is 16.1 Å². The quantitative estimate of drug-likeness (QED) is 0.849. The van der Waals surface area contributed by atoms with Crippen LogP contribution in [0.4, 0.5) is 5.69 Å². The zero-order valence-corrected chi connectivity index (χ0v) is 14.1. The van der Waals surface area contributed by atoms with Crippen LogP contribution in [0, 0.1) is 0 Å². The van der Waals surface area contributed by atoms with Gasteiger partial charge in [0.05, 0.1) is 32.0 Å². The summed E-state index contributed by atoms with van der Waals surface area (Å²) >= 11 is 1.62. The monoisotopic (exact) mass is 345 g/mol. The number of morpholine rings is 1. The lowest BCUT2D eigenvalue weighted by Gasteiger charge is -2.38. The molecule has 0 N–H and O–H groups in total. The van der Waals surface area contributed by atoms with E-state index < -0.39 is 6.10 Å². The zero-order valence-electron chi connectivity index (χ0n) is 13.3. The molecule has 0 saturated carbocycles. The second kappa shape index (κ2) is 6.78. The Bertz CT molecular complexity index is 701. The van der Waals surface area contributed by atoms with Crippen molar-refractivity contribution in [3.8, 4) is 5.75 Å². The molecule has 2 aromatic rings. The van der Waals surface area contributed by atoms with Gasteiger partial charge in [0.1, 0.15) is 10.8 Å².